The van der Waals surface area contributed by atoms with Gasteiger partial charge < -0.3 is 9.15 Å². The first-order valence-electron chi connectivity index (χ1n) is 7.04. The van der Waals surface area contributed by atoms with Crippen molar-refractivity contribution in [3.8, 4) is 10.8 Å². The molecule has 0 aliphatic heterocycles. The minimum atomic E-state index is -0.503. The van der Waals surface area contributed by atoms with E-state index in [2.05, 4.69) is 4.98 Å². The molecule has 0 amide bonds. The largest absolute Gasteiger partial charge is 0.455 e. The van der Waals surface area contributed by atoms with Crippen LogP contribution < -0.4 is 0 Å². The van der Waals surface area contributed by atoms with Crippen LogP contribution in [0.3, 0.4) is 0 Å². The van der Waals surface area contributed by atoms with Gasteiger partial charge in [-0.1, -0.05) is 12.1 Å². The Labute approximate surface area is 144 Å². The van der Waals surface area contributed by atoms with Crippen molar-refractivity contribution < 1.29 is 18.3 Å². The molecule has 24 heavy (non-hydrogen) atoms. The number of ether oxygens (including phenoxy) is 1. The molecule has 0 saturated carbocycles. The lowest BCUT2D eigenvalue weighted by molar-refractivity contribution is 0.0473. The van der Waals surface area contributed by atoms with E-state index in [1.54, 1.807) is 12.1 Å². The van der Waals surface area contributed by atoms with E-state index in [4.69, 9.17) is 9.15 Å². The summed E-state index contributed by atoms with van der Waals surface area (Å²) < 4.78 is 25.0. The predicted molar refractivity (Wildman–Crippen MR) is 90.7 cm³/mol. The highest BCUT2D eigenvalue weighted by molar-refractivity contribution is 7.20. The molecule has 0 bridgehead atoms. The zero-order valence-electron chi connectivity index (χ0n) is 12.2. The standard InChI is InChI=1S/C17H10FNO3S2/c18-12-3-1-4-13-11(12)7-15(24-13)17(20)22-9-10-8-21-16(19-10)14-5-2-6-23-14/h1-8H,9H2. The molecule has 1 aromatic carbocycles. The first-order chi connectivity index (χ1) is 11.7. The number of aromatic nitrogens is 1. The maximum absolute atomic E-state index is 13.7. The lowest BCUT2D eigenvalue weighted by Gasteiger charge is -1.99. The third kappa shape index (κ3) is 2.83. The van der Waals surface area contributed by atoms with Crippen molar-refractivity contribution >= 4 is 38.7 Å². The van der Waals surface area contributed by atoms with E-state index in [0.29, 0.717) is 26.5 Å². The summed E-state index contributed by atoms with van der Waals surface area (Å²) in [6, 6.07) is 10.1. The average Bonchev–Trinajstić information content (AvgIpc) is 3.31. The van der Waals surface area contributed by atoms with Crippen LogP contribution in [0, 0.1) is 5.82 Å². The van der Waals surface area contributed by atoms with Crippen LogP contribution in [-0.4, -0.2) is 11.0 Å². The van der Waals surface area contributed by atoms with Crippen LogP contribution in [0.15, 0.2) is 52.5 Å². The summed E-state index contributed by atoms with van der Waals surface area (Å²) in [5.74, 6) is -0.351. The van der Waals surface area contributed by atoms with Gasteiger partial charge in [0.15, 0.2) is 0 Å². The van der Waals surface area contributed by atoms with Crippen molar-refractivity contribution in [2.24, 2.45) is 0 Å². The van der Waals surface area contributed by atoms with Gasteiger partial charge >= 0.3 is 5.97 Å². The van der Waals surface area contributed by atoms with Crippen molar-refractivity contribution in [1.29, 1.82) is 0 Å². The second-order valence-electron chi connectivity index (χ2n) is 4.96. The van der Waals surface area contributed by atoms with Crippen LogP contribution in [0.5, 0.6) is 0 Å². The summed E-state index contributed by atoms with van der Waals surface area (Å²) in [5, 5.41) is 2.36. The van der Waals surface area contributed by atoms with Gasteiger partial charge in [-0.25, -0.2) is 14.2 Å². The van der Waals surface area contributed by atoms with Gasteiger partial charge in [0.2, 0.25) is 5.89 Å². The third-order valence-corrected chi connectivity index (χ3v) is 5.28. The highest BCUT2D eigenvalue weighted by Crippen LogP contribution is 2.28. The highest BCUT2D eigenvalue weighted by atomic mass is 32.1. The molecule has 0 spiro atoms. The topological polar surface area (TPSA) is 52.3 Å². The fraction of sp³-hybridized carbons (Fsp3) is 0.0588. The van der Waals surface area contributed by atoms with Crippen LogP contribution in [-0.2, 0) is 11.3 Å². The molecular weight excluding hydrogens is 349 g/mol. The maximum Gasteiger partial charge on any atom is 0.348 e. The predicted octanol–water partition coefficient (Wildman–Crippen LogP) is 5.11. The molecule has 0 saturated heterocycles. The minimum absolute atomic E-state index is 0.00440. The lowest BCUT2D eigenvalue weighted by atomic mass is 10.2. The number of oxazole rings is 1. The van der Waals surface area contributed by atoms with E-state index in [0.717, 1.165) is 4.88 Å². The zero-order chi connectivity index (χ0) is 16.5. The van der Waals surface area contributed by atoms with E-state index in [1.165, 1.54) is 41.1 Å². The number of hydrogen-bond donors (Lipinski definition) is 0. The SMILES string of the molecule is O=C(OCc1coc(-c2cccs2)n1)c1cc2c(F)cccc2s1. The Morgan fingerprint density at radius 1 is 1.29 bits per heavy atom. The Hall–Kier alpha value is -2.51. The van der Waals surface area contributed by atoms with E-state index >= 15 is 0 Å². The highest BCUT2D eigenvalue weighted by Gasteiger charge is 2.15. The number of esters is 1. The first-order valence-corrected chi connectivity index (χ1v) is 8.74. The molecule has 4 aromatic rings. The van der Waals surface area contributed by atoms with Crippen molar-refractivity contribution in [2.75, 3.05) is 0 Å². The molecule has 3 aromatic heterocycles. The molecule has 0 unspecified atom stereocenters. The molecule has 0 radical (unpaired) electrons. The summed E-state index contributed by atoms with van der Waals surface area (Å²) in [7, 11) is 0. The molecule has 4 nitrogen and oxygen atoms in total. The Bertz CT molecular complexity index is 1000. The van der Waals surface area contributed by atoms with Crippen LogP contribution in [0.4, 0.5) is 4.39 Å². The Morgan fingerprint density at radius 3 is 3.00 bits per heavy atom. The molecule has 0 atom stereocenters. The number of fused-ring (bicyclic) bond motifs is 1. The second kappa shape index (κ2) is 6.18. The Morgan fingerprint density at radius 2 is 2.21 bits per heavy atom. The maximum atomic E-state index is 13.7. The van der Waals surface area contributed by atoms with Crippen LogP contribution in [0.25, 0.3) is 20.9 Å². The number of carbonyl (C=O) groups excluding carboxylic acids is 1. The van der Waals surface area contributed by atoms with Crippen molar-refractivity contribution in [3.63, 3.8) is 0 Å². The zero-order valence-corrected chi connectivity index (χ0v) is 13.8. The minimum Gasteiger partial charge on any atom is -0.455 e. The van der Waals surface area contributed by atoms with E-state index in [9.17, 15) is 9.18 Å². The third-order valence-electron chi connectivity index (χ3n) is 3.34. The molecule has 120 valence electrons. The number of nitrogens with zero attached hydrogens (tertiary/aromatic N) is 1. The first kappa shape index (κ1) is 15.0. The molecule has 3 heterocycles. The average molecular weight is 359 g/mol. The molecule has 4 rings (SSSR count). The number of hydrogen-bond acceptors (Lipinski definition) is 6. The van der Waals surface area contributed by atoms with Gasteiger partial charge in [-0.3, -0.25) is 0 Å². The van der Waals surface area contributed by atoms with Gasteiger partial charge in [-0.05, 0) is 29.6 Å². The van der Waals surface area contributed by atoms with Gasteiger partial charge in [0.05, 0.1) is 4.88 Å². The summed E-state index contributed by atoms with van der Waals surface area (Å²) >= 11 is 2.72. The van der Waals surface area contributed by atoms with Gasteiger partial charge in [0, 0.05) is 10.1 Å². The number of benzene rings is 1. The summed E-state index contributed by atoms with van der Waals surface area (Å²) in [5.41, 5.74) is 0.527. The molecule has 0 aliphatic rings. The lowest BCUT2D eigenvalue weighted by Crippen LogP contribution is -2.03. The second-order valence-corrected chi connectivity index (χ2v) is 6.99. The number of halogens is 1. The van der Waals surface area contributed by atoms with Crippen LogP contribution >= 0.6 is 22.7 Å². The van der Waals surface area contributed by atoms with Gasteiger partial charge in [0.1, 0.15) is 29.3 Å². The van der Waals surface area contributed by atoms with Crippen LogP contribution in [0.2, 0.25) is 0 Å². The molecule has 7 heteroatoms. The quantitative estimate of drug-likeness (QED) is 0.475. The monoisotopic (exact) mass is 359 g/mol. The molecule has 0 N–H and O–H groups in total. The molecule has 0 fully saturated rings. The number of rotatable bonds is 4. The Balaban J connectivity index is 1.47. The Kier molecular flexibility index (Phi) is 3.87. The molecular formula is C17H10FNO3S2. The van der Waals surface area contributed by atoms with Crippen molar-refractivity contribution in [1.82, 2.24) is 4.98 Å². The normalized spacial score (nSPS) is 11.0. The van der Waals surface area contributed by atoms with Crippen molar-refractivity contribution in [3.05, 3.63) is 64.4 Å². The van der Waals surface area contributed by atoms with Crippen molar-refractivity contribution in [2.45, 2.75) is 6.61 Å². The number of thiophene rings is 2. The summed E-state index contributed by atoms with van der Waals surface area (Å²) in [4.78, 5) is 17.7. The summed E-state index contributed by atoms with van der Waals surface area (Å²) in [6.45, 7) is 0.00440. The van der Waals surface area contributed by atoms with Crippen LogP contribution in [0.1, 0.15) is 15.4 Å². The fourth-order valence-electron chi connectivity index (χ4n) is 2.22. The fourth-order valence-corrected chi connectivity index (χ4v) is 3.85. The smallest absolute Gasteiger partial charge is 0.348 e. The van der Waals surface area contributed by atoms with Gasteiger partial charge in [-0.15, -0.1) is 22.7 Å². The van der Waals surface area contributed by atoms with Gasteiger partial charge in [0.25, 0.3) is 0 Å². The van der Waals surface area contributed by atoms with E-state index in [-0.39, 0.29) is 12.4 Å². The van der Waals surface area contributed by atoms with E-state index in [1.807, 2.05) is 17.5 Å². The summed E-state index contributed by atoms with van der Waals surface area (Å²) in [6.07, 6.45) is 1.47. The molecule has 0 aliphatic carbocycles. The number of carbonyl (C=O) groups is 1. The van der Waals surface area contributed by atoms with E-state index < -0.39 is 5.97 Å². The van der Waals surface area contributed by atoms with Gasteiger partial charge in [-0.2, -0.15) is 0 Å².